The lowest BCUT2D eigenvalue weighted by Crippen LogP contribution is -2.00. The van der Waals surface area contributed by atoms with E-state index in [2.05, 4.69) is 21.8 Å². The van der Waals surface area contributed by atoms with Crippen LogP contribution in [0.4, 0.5) is 17.6 Å². The summed E-state index contributed by atoms with van der Waals surface area (Å²) in [7, 11) is 1.60. The van der Waals surface area contributed by atoms with E-state index in [1.165, 1.54) is 24.3 Å². The minimum atomic E-state index is -1.52. The molecule has 166 valence electrons. The monoisotopic (exact) mass is 450 g/mol. The lowest BCUT2D eigenvalue weighted by Gasteiger charge is -2.04. The molecule has 0 N–H and O–H groups in total. The van der Waals surface area contributed by atoms with Crippen molar-refractivity contribution in [2.45, 2.75) is 19.4 Å². The predicted octanol–water partition coefficient (Wildman–Crippen LogP) is 5.52. The summed E-state index contributed by atoms with van der Waals surface area (Å²) in [5.74, 6) is 1.65. The van der Waals surface area contributed by atoms with Crippen molar-refractivity contribution >= 4 is 10.8 Å². The van der Waals surface area contributed by atoms with E-state index < -0.39 is 23.3 Å². The summed E-state index contributed by atoms with van der Waals surface area (Å²) in [6.07, 6.45) is 4.53. The van der Waals surface area contributed by atoms with Crippen LogP contribution in [-0.4, -0.2) is 17.1 Å². The second-order valence-corrected chi connectivity index (χ2v) is 7.43. The quantitative estimate of drug-likeness (QED) is 0.228. The first kappa shape index (κ1) is 22.4. The van der Waals surface area contributed by atoms with E-state index in [1.54, 1.807) is 31.6 Å². The van der Waals surface area contributed by atoms with Gasteiger partial charge in [0.1, 0.15) is 11.6 Å². The van der Waals surface area contributed by atoms with Crippen molar-refractivity contribution in [3.8, 4) is 11.8 Å². The maximum atomic E-state index is 14.5. The second kappa shape index (κ2) is 9.80. The number of rotatable bonds is 5. The Balaban J connectivity index is 1.47. The van der Waals surface area contributed by atoms with Gasteiger partial charge in [-0.1, -0.05) is 24.0 Å². The molecule has 0 saturated carbocycles. The Hall–Kier alpha value is -3.76. The molecule has 3 aromatic carbocycles. The Kier molecular flexibility index (Phi) is 6.66. The van der Waals surface area contributed by atoms with Gasteiger partial charge >= 0.3 is 0 Å². The Morgan fingerprint density at radius 3 is 2.30 bits per heavy atom. The molecule has 4 aromatic rings. The van der Waals surface area contributed by atoms with Gasteiger partial charge in [0.15, 0.2) is 17.5 Å². The fraction of sp³-hybridized carbons (Fsp3) is 0.154. The largest absolute Gasteiger partial charge is 0.380 e. The maximum Gasteiger partial charge on any atom is 0.195 e. The van der Waals surface area contributed by atoms with Crippen LogP contribution in [0.2, 0.25) is 0 Å². The molecule has 0 spiro atoms. The van der Waals surface area contributed by atoms with Gasteiger partial charge in [-0.15, -0.1) is 0 Å². The number of aryl methyl sites for hydroxylation is 2. The lowest BCUT2D eigenvalue weighted by molar-refractivity contribution is 0.184. The van der Waals surface area contributed by atoms with Gasteiger partial charge in [-0.25, -0.2) is 27.5 Å². The predicted molar refractivity (Wildman–Crippen MR) is 116 cm³/mol. The average molecular weight is 450 g/mol. The fourth-order valence-electron chi connectivity index (χ4n) is 3.35. The molecule has 0 bridgehead atoms. The third-order valence-electron chi connectivity index (χ3n) is 5.05. The second-order valence-electron chi connectivity index (χ2n) is 7.43. The van der Waals surface area contributed by atoms with Crippen molar-refractivity contribution < 1.29 is 22.3 Å². The van der Waals surface area contributed by atoms with Crippen molar-refractivity contribution in [1.82, 2.24) is 9.97 Å². The summed E-state index contributed by atoms with van der Waals surface area (Å²) in [6.45, 7) is 0.444. The van der Waals surface area contributed by atoms with Crippen LogP contribution in [0.25, 0.3) is 10.8 Å². The Bertz CT molecular complexity index is 1380. The van der Waals surface area contributed by atoms with Crippen molar-refractivity contribution in [1.29, 1.82) is 0 Å². The zero-order valence-electron chi connectivity index (χ0n) is 17.6. The number of hydrogen-bond acceptors (Lipinski definition) is 3. The number of methoxy groups -OCH3 is 1. The van der Waals surface area contributed by atoms with E-state index in [4.69, 9.17) is 4.74 Å². The van der Waals surface area contributed by atoms with Crippen LogP contribution in [0.5, 0.6) is 0 Å². The molecule has 0 fully saturated rings. The molecule has 0 saturated heterocycles. The summed E-state index contributed by atoms with van der Waals surface area (Å²) in [6, 6.07) is 9.90. The molecule has 0 aliphatic heterocycles. The first-order valence-electron chi connectivity index (χ1n) is 10.1. The first-order chi connectivity index (χ1) is 15.9. The van der Waals surface area contributed by atoms with Gasteiger partial charge in [0.05, 0.1) is 12.2 Å². The molecule has 0 aliphatic rings. The highest BCUT2D eigenvalue weighted by Crippen LogP contribution is 2.24. The molecule has 33 heavy (non-hydrogen) atoms. The average Bonchev–Trinajstić information content (AvgIpc) is 2.81. The third-order valence-corrected chi connectivity index (χ3v) is 5.05. The molecule has 0 amide bonds. The molecule has 0 aliphatic carbocycles. The molecule has 4 rings (SSSR count). The molecule has 0 unspecified atom stereocenters. The minimum Gasteiger partial charge on any atom is -0.380 e. The number of hydrogen-bond donors (Lipinski definition) is 0. The number of ether oxygens (including phenoxy) is 1. The van der Waals surface area contributed by atoms with Gasteiger partial charge in [0.2, 0.25) is 0 Å². The van der Waals surface area contributed by atoms with Crippen molar-refractivity contribution in [2.24, 2.45) is 0 Å². The topological polar surface area (TPSA) is 35.0 Å². The van der Waals surface area contributed by atoms with E-state index in [0.29, 0.717) is 30.8 Å². The summed E-state index contributed by atoms with van der Waals surface area (Å²) in [5.41, 5.74) is 2.27. The minimum absolute atomic E-state index is 0.0488. The molecular formula is C26H18F4N2O. The molecule has 0 radical (unpaired) electrons. The molecule has 3 nitrogen and oxygen atoms in total. The number of halogens is 4. The highest BCUT2D eigenvalue weighted by Gasteiger charge is 2.13. The van der Waals surface area contributed by atoms with Crippen LogP contribution in [0.15, 0.2) is 54.9 Å². The number of fused-ring (bicyclic) bond motifs is 1. The van der Waals surface area contributed by atoms with Gasteiger partial charge < -0.3 is 4.74 Å². The van der Waals surface area contributed by atoms with Crippen molar-refractivity contribution in [3.63, 3.8) is 0 Å². The number of aromatic nitrogens is 2. The lowest BCUT2D eigenvalue weighted by atomic mass is 10.0. The Morgan fingerprint density at radius 2 is 1.58 bits per heavy atom. The Morgan fingerprint density at radius 1 is 0.788 bits per heavy atom. The van der Waals surface area contributed by atoms with E-state index in [1.807, 2.05) is 0 Å². The van der Waals surface area contributed by atoms with Gasteiger partial charge in [0.25, 0.3) is 0 Å². The molecule has 1 aromatic heterocycles. The highest BCUT2D eigenvalue weighted by atomic mass is 19.2. The van der Waals surface area contributed by atoms with Gasteiger partial charge in [-0.3, -0.25) is 0 Å². The number of nitrogens with zero attached hydrogens (tertiary/aromatic N) is 2. The van der Waals surface area contributed by atoms with E-state index >= 15 is 0 Å². The van der Waals surface area contributed by atoms with Crippen LogP contribution < -0.4 is 0 Å². The summed E-state index contributed by atoms with van der Waals surface area (Å²) < 4.78 is 60.3. The van der Waals surface area contributed by atoms with Gasteiger partial charge in [0, 0.05) is 42.4 Å². The zero-order valence-corrected chi connectivity index (χ0v) is 17.6. The van der Waals surface area contributed by atoms with E-state index in [9.17, 15) is 17.6 Å². The smallest absolute Gasteiger partial charge is 0.195 e. The van der Waals surface area contributed by atoms with E-state index in [-0.39, 0.29) is 16.3 Å². The molecule has 0 atom stereocenters. The third kappa shape index (κ3) is 5.18. The van der Waals surface area contributed by atoms with Crippen LogP contribution in [-0.2, 0) is 24.2 Å². The van der Waals surface area contributed by atoms with Gasteiger partial charge in [-0.05, 0) is 47.7 Å². The van der Waals surface area contributed by atoms with Crippen LogP contribution >= 0.6 is 0 Å². The zero-order chi connectivity index (χ0) is 23.4. The fourth-order valence-corrected chi connectivity index (χ4v) is 3.35. The van der Waals surface area contributed by atoms with Crippen LogP contribution in [0.3, 0.4) is 0 Å². The summed E-state index contributed by atoms with van der Waals surface area (Å²) in [4.78, 5) is 8.56. The summed E-state index contributed by atoms with van der Waals surface area (Å²) in [5, 5.41) is 0.124. The van der Waals surface area contributed by atoms with Crippen molar-refractivity contribution in [3.05, 3.63) is 106 Å². The first-order valence-corrected chi connectivity index (χ1v) is 10.1. The van der Waals surface area contributed by atoms with E-state index in [0.717, 1.165) is 17.2 Å². The Labute approximate surface area is 188 Å². The van der Waals surface area contributed by atoms with Gasteiger partial charge in [-0.2, -0.15) is 0 Å². The molecule has 7 heteroatoms. The summed E-state index contributed by atoms with van der Waals surface area (Å²) >= 11 is 0. The molecule has 1 heterocycles. The highest BCUT2D eigenvalue weighted by molar-refractivity contribution is 5.84. The van der Waals surface area contributed by atoms with Crippen molar-refractivity contribution in [2.75, 3.05) is 7.11 Å². The number of benzene rings is 3. The van der Waals surface area contributed by atoms with Crippen LogP contribution in [0.1, 0.15) is 28.1 Å². The standard InChI is InChI=1S/C26H18F4N2O/c1-33-15-18-13-31-24(32-14-18)9-5-17-3-7-19(22(27)11-17)6-2-16-4-8-21-20(10-16)12-23(28)26(30)25(21)29/h3-4,7-8,10-14H,5,9,15H2,1H3. The maximum absolute atomic E-state index is 14.5. The normalized spacial score (nSPS) is 10.8. The van der Waals surface area contributed by atoms with Crippen LogP contribution in [0, 0.1) is 35.1 Å². The molecular weight excluding hydrogens is 432 g/mol. The SMILES string of the molecule is COCc1cnc(CCc2ccc(C#Cc3ccc4c(F)c(F)c(F)cc4c3)c(F)c2)nc1.